The second-order valence-corrected chi connectivity index (χ2v) is 5.11. The molecule has 1 amide bonds. The van der Waals surface area contributed by atoms with E-state index in [0.29, 0.717) is 6.42 Å². The molecular weight excluding hydrogens is 246 g/mol. The molecule has 1 aromatic rings. The summed E-state index contributed by atoms with van der Waals surface area (Å²) >= 11 is 0. The lowest BCUT2D eigenvalue weighted by molar-refractivity contribution is -0.116. The van der Waals surface area contributed by atoms with Crippen LogP contribution in [0.15, 0.2) is 24.3 Å². The molecule has 0 spiro atoms. The fourth-order valence-electron chi connectivity index (χ4n) is 2.01. The molecule has 0 unspecified atom stereocenters. The van der Waals surface area contributed by atoms with Crippen molar-refractivity contribution >= 4 is 11.6 Å². The fourth-order valence-corrected chi connectivity index (χ4v) is 2.01. The van der Waals surface area contributed by atoms with Crippen molar-refractivity contribution in [3.63, 3.8) is 0 Å². The summed E-state index contributed by atoms with van der Waals surface area (Å²) in [6.07, 6.45) is 7.30. The lowest BCUT2D eigenvalue weighted by Crippen LogP contribution is -2.10. The third-order valence-electron chi connectivity index (χ3n) is 3.22. The van der Waals surface area contributed by atoms with Gasteiger partial charge in [0, 0.05) is 18.5 Å². The highest BCUT2D eigenvalue weighted by Crippen LogP contribution is 2.11. The van der Waals surface area contributed by atoms with Crippen molar-refractivity contribution in [2.75, 3.05) is 5.32 Å². The summed E-state index contributed by atoms with van der Waals surface area (Å²) in [5, 5.41) is 2.93. The molecule has 20 heavy (non-hydrogen) atoms. The van der Waals surface area contributed by atoms with Crippen molar-refractivity contribution < 1.29 is 4.79 Å². The summed E-state index contributed by atoms with van der Waals surface area (Å²) in [5.41, 5.74) is 2.09. The first-order chi connectivity index (χ1) is 9.72. The largest absolute Gasteiger partial charge is 0.326 e. The first-order valence-corrected chi connectivity index (χ1v) is 7.48. The van der Waals surface area contributed by atoms with Crippen molar-refractivity contribution in [3.05, 3.63) is 29.8 Å². The number of rotatable bonds is 8. The highest BCUT2D eigenvalue weighted by atomic mass is 16.1. The van der Waals surface area contributed by atoms with Gasteiger partial charge in [0.15, 0.2) is 0 Å². The standard InChI is InChI=1S/C18H25NO/c1-3-4-5-6-7-8-9-10-11-18(20)19-17-14-12-16(2)13-15-17/h12-15H,5-11H2,1-2H3,(H,19,20). The number of hydrogen-bond donors (Lipinski definition) is 1. The Kier molecular flexibility index (Phi) is 8.22. The van der Waals surface area contributed by atoms with Crippen LogP contribution < -0.4 is 5.32 Å². The lowest BCUT2D eigenvalue weighted by Gasteiger charge is -2.05. The zero-order valence-corrected chi connectivity index (χ0v) is 12.7. The van der Waals surface area contributed by atoms with Gasteiger partial charge in [0.05, 0.1) is 0 Å². The van der Waals surface area contributed by atoms with Gasteiger partial charge in [-0.2, -0.15) is 0 Å². The number of nitrogens with one attached hydrogen (secondary N) is 1. The number of amides is 1. The second kappa shape index (κ2) is 10.1. The summed E-state index contributed by atoms with van der Waals surface area (Å²) in [7, 11) is 0. The molecule has 0 saturated heterocycles. The first kappa shape index (κ1) is 16.3. The van der Waals surface area contributed by atoms with Gasteiger partial charge in [-0.1, -0.05) is 37.0 Å². The molecule has 0 fully saturated rings. The van der Waals surface area contributed by atoms with Crippen molar-refractivity contribution in [2.24, 2.45) is 0 Å². The van der Waals surface area contributed by atoms with E-state index < -0.39 is 0 Å². The van der Waals surface area contributed by atoms with Crippen LogP contribution in [-0.4, -0.2) is 5.91 Å². The van der Waals surface area contributed by atoms with Gasteiger partial charge in [-0.15, -0.1) is 11.8 Å². The number of anilines is 1. The molecule has 0 heterocycles. The fraction of sp³-hybridized carbons (Fsp3) is 0.500. The zero-order valence-electron chi connectivity index (χ0n) is 12.7. The van der Waals surface area contributed by atoms with Crippen LogP contribution >= 0.6 is 0 Å². The van der Waals surface area contributed by atoms with E-state index in [1.165, 1.54) is 24.8 Å². The Labute approximate surface area is 123 Å². The van der Waals surface area contributed by atoms with E-state index in [1.807, 2.05) is 38.1 Å². The average Bonchev–Trinajstić information content (AvgIpc) is 2.44. The van der Waals surface area contributed by atoms with E-state index >= 15 is 0 Å². The highest BCUT2D eigenvalue weighted by Gasteiger charge is 2.01. The molecular formula is C18H25NO. The topological polar surface area (TPSA) is 29.1 Å². The van der Waals surface area contributed by atoms with Crippen LogP contribution in [0.1, 0.15) is 57.4 Å². The predicted molar refractivity (Wildman–Crippen MR) is 85.6 cm³/mol. The molecule has 0 aliphatic heterocycles. The summed E-state index contributed by atoms with van der Waals surface area (Å²) < 4.78 is 0. The normalized spacial score (nSPS) is 9.70. The monoisotopic (exact) mass is 271 g/mol. The zero-order chi connectivity index (χ0) is 14.6. The van der Waals surface area contributed by atoms with Crippen molar-refractivity contribution in [3.8, 4) is 11.8 Å². The molecule has 0 aliphatic rings. The maximum absolute atomic E-state index is 11.7. The molecule has 2 nitrogen and oxygen atoms in total. The Balaban J connectivity index is 2.05. The number of carbonyl (C=O) groups excluding carboxylic acids is 1. The second-order valence-electron chi connectivity index (χ2n) is 5.11. The molecule has 0 aromatic heterocycles. The Bertz CT molecular complexity index is 451. The molecule has 0 atom stereocenters. The number of hydrogen-bond acceptors (Lipinski definition) is 1. The predicted octanol–water partition coefficient (Wildman–Crippen LogP) is 4.69. The summed E-state index contributed by atoms with van der Waals surface area (Å²) in [5.74, 6) is 6.10. The van der Waals surface area contributed by atoms with Crippen molar-refractivity contribution in [1.82, 2.24) is 0 Å². The number of unbranched alkanes of at least 4 members (excludes halogenated alkanes) is 5. The highest BCUT2D eigenvalue weighted by molar-refractivity contribution is 5.90. The van der Waals surface area contributed by atoms with Gasteiger partial charge in [0.2, 0.25) is 5.91 Å². The van der Waals surface area contributed by atoms with E-state index in [9.17, 15) is 4.79 Å². The molecule has 108 valence electrons. The number of carbonyl (C=O) groups is 1. The van der Waals surface area contributed by atoms with Crippen LogP contribution in [0, 0.1) is 18.8 Å². The Morgan fingerprint density at radius 3 is 2.40 bits per heavy atom. The molecule has 1 N–H and O–H groups in total. The van der Waals surface area contributed by atoms with Gasteiger partial charge in [0.1, 0.15) is 0 Å². The van der Waals surface area contributed by atoms with Gasteiger partial charge in [-0.3, -0.25) is 4.79 Å². The van der Waals surface area contributed by atoms with Crippen LogP contribution in [0.5, 0.6) is 0 Å². The minimum Gasteiger partial charge on any atom is -0.326 e. The first-order valence-electron chi connectivity index (χ1n) is 7.48. The third kappa shape index (κ3) is 7.63. The molecule has 1 aromatic carbocycles. The van der Waals surface area contributed by atoms with E-state index in [2.05, 4.69) is 17.2 Å². The van der Waals surface area contributed by atoms with Crippen LogP contribution in [0.3, 0.4) is 0 Å². The SMILES string of the molecule is CC#CCCCCCCCC(=O)Nc1ccc(C)cc1. The molecule has 0 saturated carbocycles. The summed E-state index contributed by atoms with van der Waals surface area (Å²) in [6, 6.07) is 7.91. The van der Waals surface area contributed by atoms with E-state index in [0.717, 1.165) is 24.9 Å². The van der Waals surface area contributed by atoms with Crippen LogP contribution in [0.2, 0.25) is 0 Å². The maximum Gasteiger partial charge on any atom is 0.224 e. The van der Waals surface area contributed by atoms with E-state index in [-0.39, 0.29) is 5.91 Å². The molecule has 0 radical (unpaired) electrons. The molecule has 1 rings (SSSR count). The van der Waals surface area contributed by atoms with Gasteiger partial charge in [-0.25, -0.2) is 0 Å². The van der Waals surface area contributed by atoms with E-state index in [4.69, 9.17) is 0 Å². The van der Waals surface area contributed by atoms with Gasteiger partial charge in [-0.05, 0) is 38.8 Å². The van der Waals surface area contributed by atoms with Gasteiger partial charge >= 0.3 is 0 Å². The van der Waals surface area contributed by atoms with Gasteiger partial charge in [0.25, 0.3) is 0 Å². The minimum absolute atomic E-state index is 0.116. The third-order valence-corrected chi connectivity index (χ3v) is 3.22. The number of aryl methyl sites for hydroxylation is 1. The molecule has 0 aliphatic carbocycles. The Morgan fingerprint density at radius 1 is 1.05 bits per heavy atom. The van der Waals surface area contributed by atoms with E-state index in [1.54, 1.807) is 0 Å². The lowest BCUT2D eigenvalue weighted by atomic mass is 10.1. The average molecular weight is 271 g/mol. The number of benzene rings is 1. The smallest absolute Gasteiger partial charge is 0.224 e. The van der Waals surface area contributed by atoms with Crippen LogP contribution in [0.4, 0.5) is 5.69 Å². The van der Waals surface area contributed by atoms with Crippen LogP contribution in [0.25, 0.3) is 0 Å². The quantitative estimate of drug-likeness (QED) is 0.539. The van der Waals surface area contributed by atoms with Crippen LogP contribution in [-0.2, 0) is 4.79 Å². The minimum atomic E-state index is 0.116. The van der Waals surface area contributed by atoms with Crippen molar-refractivity contribution in [1.29, 1.82) is 0 Å². The molecule has 0 bridgehead atoms. The summed E-state index contributed by atoms with van der Waals surface area (Å²) in [4.78, 5) is 11.7. The van der Waals surface area contributed by atoms with Crippen molar-refractivity contribution in [2.45, 2.75) is 58.8 Å². The molecule has 2 heteroatoms. The maximum atomic E-state index is 11.7. The summed E-state index contributed by atoms with van der Waals surface area (Å²) in [6.45, 7) is 3.92. The van der Waals surface area contributed by atoms with Gasteiger partial charge < -0.3 is 5.32 Å². The Hall–Kier alpha value is -1.75. The Morgan fingerprint density at radius 2 is 1.70 bits per heavy atom.